The lowest BCUT2D eigenvalue weighted by Crippen LogP contribution is -1.90. The lowest BCUT2D eigenvalue weighted by atomic mass is 10.2. The van der Waals surface area contributed by atoms with E-state index in [0.29, 0.717) is 15.7 Å². The Morgan fingerprint density at radius 2 is 1.94 bits per heavy atom. The summed E-state index contributed by atoms with van der Waals surface area (Å²) in [5.41, 5.74) is 1.10. The molecule has 0 bridgehead atoms. The van der Waals surface area contributed by atoms with E-state index in [0.717, 1.165) is 0 Å². The minimum Gasteiger partial charge on any atom is -0.360 e. The molecule has 0 amide bonds. The topological polar surface area (TPSA) is 83.4 Å². The smallest absolute Gasteiger partial charge is 0.145 e. The van der Waals surface area contributed by atoms with Crippen molar-refractivity contribution in [3.8, 4) is 18.2 Å². The second kappa shape index (κ2) is 5.56. The molecule has 0 saturated heterocycles. The molecule has 0 unspecified atom stereocenters. The fourth-order valence-corrected chi connectivity index (χ4v) is 1.28. The predicted octanol–water partition coefficient (Wildman–Crippen LogP) is 2.66. The van der Waals surface area contributed by atoms with Crippen molar-refractivity contribution in [3.05, 3.63) is 40.0 Å². The molecule has 0 radical (unpaired) electrons. The molecule has 0 saturated carbocycles. The average Bonchev–Trinajstić information content (AvgIpc) is 2.32. The molecule has 4 nitrogen and oxygen atoms in total. The highest BCUT2D eigenvalue weighted by Gasteiger charge is 1.99. The van der Waals surface area contributed by atoms with Gasteiger partial charge in [-0.2, -0.15) is 15.8 Å². The first kappa shape index (κ1) is 11.8. The number of anilines is 1. The third kappa shape index (κ3) is 2.85. The Morgan fingerprint density at radius 1 is 1.25 bits per heavy atom. The maximum Gasteiger partial charge on any atom is 0.145 e. The van der Waals surface area contributed by atoms with Crippen LogP contribution in [0.1, 0.15) is 5.56 Å². The minimum atomic E-state index is -0.0265. The SMILES string of the molecule is N#CC(C#N)=CNc1ccc(Br)c(C#N)c1. The van der Waals surface area contributed by atoms with Crippen LogP contribution in [0.25, 0.3) is 0 Å². The van der Waals surface area contributed by atoms with Gasteiger partial charge in [0, 0.05) is 16.4 Å². The number of nitrogens with zero attached hydrogens (tertiary/aromatic N) is 3. The van der Waals surface area contributed by atoms with Gasteiger partial charge < -0.3 is 5.32 Å². The van der Waals surface area contributed by atoms with Crippen molar-refractivity contribution < 1.29 is 0 Å². The molecule has 0 atom stereocenters. The number of nitrogens with one attached hydrogen (secondary N) is 1. The van der Waals surface area contributed by atoms with E-state index in [4.69, 9.17) is 15.8 Å². The zero-order valence-corrected chi connectivity index (χ0v) is 9.62. The molecule has 1 aromatic carbocycles. The first-order valence-electron chi connectivity index (χ1n) is 4.18. The third-order valence-electron chi connectivity index (χ3n) is 1.71. The molecule has 1 N–H and O–H groups in total. The van der Waals surface area contributed by atoms with Crippen LogP contribution < -0.4 is 5.32 Å². The van der Waals surface area contributed by atoms with Crippen LogP contribution in [0.15, 0.2) is 34.4 Å². The number of rotatable bonds is 2. The van der Waals surface area contributed by atoms with Gasteiger partial charge in [-0.1, -0.05) is 0 Å². The third-order valence-corrected chi connectivity index (χ3v) is 2.40. The Bertz CT molecular complexity index is 539. The molecule has 1 aromatic rings. The lowest BCUT2D eigenvalue weighted by molar-refractivity contribution is 1.43. The number of nitriles is 3. The van der Waals surface area contributed by atoms with Crippen LogP contribution in [0.3, 0.4) is 0 Å². The fraction of sp³-hybridized carbons (Fsp3) is 0. The molecule has 16 heavy (non-hydrogen) atoms. The van der Waals surface area contributed by atoms with Gasteiger partial charge in [0.15, 0.2) is 0 Å². The Morgan fingerprint density at radius 3 is 2.50 bits per heavy atom. The van der Waals surface area contributed by atoms with Crippen molar-refractivity contribution in [3.63, 3.8) is 0 Å². The maximum absolute atomic E-state index is 8.78. The summed E-state index contributed by atoms with van der Waals surface area (Å²) < 4.78 is 0.699. The molecule has 0 fully saturated rings. The van der Waals surface area contributed by atoms with Gasteiger partial charge in [0.2, 0.25) is 0 Å². The van der Waals surface area contributed by atoms with Crippen LogP contribution in [-0.2, 0) is 0 Å². The summed E-state index contributed by atoms with van der Waals surface area (Å²) in [6.07, 6.45) is 1.30. The van der Waals surface area contributed by atoms with E-state index in [1.807, 2.05) is 6.07 Å². The molecule has 0 aliphatic rings. The zero-order valence-electron chi connectivity index (χ0n) is 8.03. The molecule has 0 aliphatic carbocycles. The summed E-state index contributed by atoms with van der Waals surface area (Å²) in [5, 5.41) is 28.6. The van der Waals surface area contributed by atoms with Crippen molar-refractivity contribution in [2.75, 3.05) is 5.32 Å². The molecule has 0 aromatic heterocycles. The largest absolute Gasteiger partial charge is 0.360 e. The van der Waals surface area contributed by atoms with Gasteiger partial charge in [0.1, 0.15) is 23.8 Å². The number of hydrogen-bond donors (Lipinski definition) is 1. The summed E-state index contributed by atoms with van der Waals surface area (Å²) in [6, 6.07) is 10.5. The molecule has 76 valence electrons. The number of allylic oxidation sites excluding steroid dienone is 1. The molecule has 1 rings (SSSR count). The zero-order chi connectivity index (χ0) is 12.0. The predicted molar refractivity (Wildman–Crippen MR) is 61.8 cm³/mol. The van der Waals surface area contributed by atoms with Gasteiger partial charge >= 0.3 is 0 Å². The van der Waals surface area contributed by atoms with E-state index < -0.39 is 0 Å². The highest BCUT2D eigenvalue weighted by atomic mass is 79.9. The van der Waals surface area contributed by atoms with E-state index in [1.54, 1.807) is 30.3 Å². The van der Waals surface area contributed by atoms with Gasteiger partial charge in [0.25, 0.3) is 0 Å². The fourth-order valence-electron chi connectivity index (χ4n) is 0.946. The summed E-state index contributed by atoms with van der Waals surface area (Å²) in [5.74, 6) is 0. The van der Waals surface area contributed by atoms with Gasteiger partial charge in [-0.05, 0) is 34.1 Å². The lowest BCUT2D eigenvalue weighted by Gasteiger charge is -2.01. The number of benzene rings is 1. The van der Waals surface area contributed by atoms with E-state index in [1.165, 1.54) is 6.20 Å². The van der Waals surface area contributed by atoms with Crippen LogP contribution in [0.5, 0.6) is 0 Å². The van der Waals surface area contributed by atoms with E-state index in [-0.39, 0.29) is 5.57 Å². The molecule has 0 spiro atoms. The van der Waals surface area contributed by atoms with Crippen LogP contribution in [-0.4, -0.2) is 0 Å². The van der Waals surface area contributed by atoms with Crippen molar-refractivity contribution in [2.45, 2.75) is 0 Å². The Balaban J connectivity index is 2.94. The number of hydrogen-bond acceptors (Lipinski definition) is 4. The Hall–Kier alpha value is -2.29. The normalized spacial score (nSPS) is 8.12. The summed E-state index contributed by atoms with van der Waals surface area (Å²) in [4.78, 5) is 0. The molecule has 5 heteroatoms. The quantitative estimate of drug-likeness (QED) is 0.839. The van der Waals surface area contributed by atoms with Crippen molar-refractivity contribution in [1.82, 2.24) is 0 Å². The molecule has 0 aliphatic heterocycles. The highest BCUT2D eigenvalue weighted by Crippen LogP contribution is 2.20. The average molecular weight is 273 g/mol. The molecular weight excluding hydrogens is 268 g/mol. The van der Waals surface area contributed by atoms with Crippen LogP contribution in [0, 0.1) is 34.0 Å². The Kier molecular flexibility index (Phi) is 4.09. The first-order valence-corrected chi connectivity index (χ1v) is 4.97. The second-order valence-corrected chi connectivity index (χ2v) is 3.59. The van der Waals surface area contributed by atoms with Gasteiger partial charge in [-0.15, -0.1) is 0 Å². The van der Waals surface area contributed by atoms with Crippen molar-refractivity contribution in [1.29, 1.82) is 15.8 Å². The van der Waals surface area contributed by atoms with Crippen molar-refractivity contribution in [2.24, 2.45) is 0 Å². The van der Waals surface area contributed by atoms with Crippen LogP contribution in [0.2, 0.25) is 0 Å². The van der Waals surface area contributed by atoms with Gasteiger partial charge in [0.05, 0.1) is 5.56 Å². The van der Waals surface area contributed by atoms with E-state index in [2.05, 4.69) is 21.2 Å². The second-order valence-electron chi connectivity index (χ2n) is 2.73. The van der Waals surface area contributed by atoms with E-state index >= 15 is 0 Å². The minimum absolute atomic E-state index is 0.0265. The Labute approximate surface area is 101 Å². The molecule has 0 heterocycles. The first-order chi connectivity index (χ1) is 7.71. The van der Waals surface area contributed by atoms with Crippen LogP contribution >= 0.6 is 15.9 Å². The van der Waals surface area contributed by atoms with E-state index in [9.17, 15) is 0 Å². The summed E-state index contributed by atoms with van der Waals surface area (Å²) in [6.45, 7) is 0. The highest BCUT2D eigenvalue weighted by molar-refractivity contribution is 9.10. The van der Waals surface area contributed by atoms with Crippen LogP contribution in [0.4, 0.5) is 5.69 Å². The van der Waals surface area contributed by atoms with Gasteiger partial charge in [-0.25, -0.2) is 0 Å². The van der Waals surface area contributed by atoms with Gasteiger partial charge in [-0.3, -0.25) is 0 Å². The number of halogens is 1. The standard InChI is InChI=1S/C11H5BrN4/c12-11-2-1-10(3-9(11)6-15)16-7-8(4-13)5-14/h1-3,7,16H. The summed E-state index contributed by atoms with van der Waals surface area (Å²) in [7, 11) is 0. The summed E-state index contributed by atoms with van der Waals surface area (Å²) >= 11 is 3.23. The molecular formula is C11H5BrN4. The maximum atomic E-state index is 8.78. The monoisotopic (exact) mass is 272 g/mol. The van der Waals surface area contributed by atoms with Crippen molar-refractivity contribution >= 4 is 21.6 Å².